The summed E-state index contributed by atoms with van der Waals surface area (Å²) in [6.45, 7) is 34.5. The topological polar surface area (TPSA) is 6.48 Å². The van der Waals surface area contributed by atoms with Gasteiger partial charge >= 0.3 is 0 Å². The molecule has 98 heavy (non-hydrogen) atoms. The maximum Gasteiger partial charge on any atom is 0.113 e. The van der Waals surface area contributed by atoms with E-state index in [1.165, 1.54) is 122 Å². The molecule has 13 aromatic rings. The zero-order chi connectivity index (χ0) is 68.6. The number of hydrogen-bond acceptors (Lipinski definition) is 2. The molecule has 0 aromatic heterocycles. The predicted molar refractivity (Wildman–Crippen MR) is 420 cm³/mol. The Balaban J connectivity index is 1.15. The van der Waals surface area contributed by atoms with E-state index in [9.17, 15) is 0 Å². The summed E-state index contributed by atoms with van der Waals surface area (Å²) < 4.78 is 0. The van der Waals surface area contributed by atoms with Crippen LogP contribution in [0, 0.1) is 20.8 Å². The van der Waals surface area contributed by atoms with Crippen molar-refractivity contribution in [2.45, 2.75) is 136 Å². The monoisotopic (exact) mass is 1270 g/mol. The van der Waals surface area contributed by atoms with E-state index in [1.54, 1.807) is 0 Å². The van der Waals surface area contributed by atoms with Gasteiger partial charge in [0.15, 0.2) is 0 Å². The van der Waals surface area contributed by atoms with Crippen molar-refractivity contribution < 1.29 is 0 Å². The van der Waals surface area contributed by atoms with E-state index in [0.717, 1.165) is 45.0 Å². The van der Waals surface area contributed by atoms with Crippen molar-refractivity contribution in [3.8, 4) is 22.3 Å². The minimum absolute atomic E-state index is 0.0751. The van der Waals surface area contributed by atoms with Gasteiger partial charge in [0, 0.05) is 33.5 Å². The highest BCUT2D eigenvalue weighted by molar-refractivity contribution is 6.32. The van der Waals surface area contributed by atoms with Crippen molar-refractivity contribution in [3.05, 3.63) is 350 Å². The molecule has 2 radical (unpaired) electrons. The Morgan fingerprint density at radius 2 is 0.622 bits per heavy atom. The van der Waals surface area contributed by atoms with Gasteiger partial charge in [0.05, 0.1) is 22.2 Å². The van der Waals surface area contributed by atoms with E-state index in [0.29, 0.717) is 0 Å². The maximum atomic E-state index is 6.58. The van der Waals surface area contributed by atoms with Crippen LogP contribution >= 0.6 is 0 Å². The second-order valence-electron chi connectivity index (χ2n) is 32.2. The van der Waals surface area contributed by atoms with Crippen molar-refractivity contribution in [2.24, 2.45) is 0 Å². The fraction of sp³-hybridized carbons (Fsp3) is 0.221. The third kappa shape index (κ3) is 10.4. The Bertz CT molecular complexity index is 5000. The molecule has 0 bridgehead atoms. The molecule has 0 saturated heterocycles. The van der Waals surface area contributed by atoms with Gasteiger partial charge in [-0.15, -0.1) is 0 Å². The summed E-state index contributed by atoms with van der Waals surface area (Å²) in [5.74, 6) is 0. The van der Waals surface area contributed by atoms with Gasteiger partial charge in [0.25, 0.3) is 0 Å². The Morgan fingerprint density at radius 3 is 1.03 bits per heavy atom. The maximum absolute atomic E-state index is 6.58. The lowest BCUT2D eigenvalue weighted by Gasteiger charge is -2.44. The van der Waals surface area contributed by atoms with Crippen LogP contribution in [0.3, 0.4) is 0 Å². The van der Waals surface area contributed by atoms with E-state index < -0.39 is 10.8 Å². The van der Waals surface area contributed by atoms with Gasteiger partial charge in [-0.2, -0.15) is 0 Å². The van der Waals surface area contributed by atoms with Crippen LogP contribution in [-0.2, 0) is 32.5 Å². The number of anilines is 6. The zero-order valence-corrected chi connectivity index (χ0v) is 59.9. The van der Waals surface area contributed by atoms with E-state index >= 15 is 0 Å². The van der Waals surface area contributed by atoms with Crippen molar-refractivity contribution in [1.82, 2.24) is 0 Å². The molecule has 2 nitrogen and oxygen atoms in total. The summed E-state index contributed by atoms with van der Waals surface area (Å²) in [7, 11) is 6.58. The van der Waals surface area contributed by atoms with Crippen LogP contribution in [0.1, 0.15) is 167 Å². The molecule has 0 fully saturated rings. The smallest absolute Gasteiger partial charge is 0.113 e. The fourth-order valence-corrected chi connectivity index (χ4v) is 16.2. The van der Waals surface area contributed by atoms with Crippen LogP contribution in [0.5, 0.6) is 0 Å². The van der Waals surface area contributed by atoms with Crippen LogP contribution in [0.15, 0.2) is 267 Å². The molecular formula is C95H89BN2. The first-order chi connectivity index (χ1) is 46.7. The van der Waals surface area contributed by atoms with Gasteiger partial charge in [-0.25, -0.2) is 0 Å². The van der Waals surface area contributed by atoms with Crippen LogP contribution < -0.4 is 15.3 Å². The van der Waals surface area contributed by atoms with Gasteiger partial charge in [-0.3, -0.25) is 0 Å². The second-order valence-corrected chi connectivity index (χ2v) is 32.2. The Labute approximate surface area is 584 Å². The minimum Gasteiger partial charge on any atom is -0.310 e. The second kappa shape index (κ2) is 23.4. The number of nitrogens with zero attached hydrogens (tertiary/aromatic N) is 2. The molecule has 2 aliphatic rings. The predicted octanol–water partition coefficient (Wildman–Crippen LogP) is 24.6. The molecule has 0 aliphatic heterocycles. The molecule has 482 valence electrons. The molecule has 0 atom stereocenters. The van der Waals surface area contributed by atoms with E-state index in [4.69, 9.17) is 7.85 Å². The number of fused-ring (bicyclic) bond motifs is 7. The molecule has 0 amide bonds. The molecule has 3 heteroatoms. The molecule has 0 N–H and O–H groups in total. The highest BCUT2D eigenvalue weighted by Crippen LogP contribution is 2.65. The quantitative estimate of drug-likeness (QED) is 0.126. The molecule has 0 saturated carbocycles. The van der Waals surface area contributed by atoms with Gasteiger partial charge in [-0.1, -0.05) is 299 Å². The lowest BCUT2D eigenvalue weighted by molar-refractivity contribution is 0.588. The summed E-state index contributed by atoms with van der Waals surface area (Å²) in [5.41, 5.74) is 28.9. The number of rotatable bonds is 10. The lowest BCUT2D eigenvalue weighted by Crippen LogP contribution is -2.35. The Morgan fingerprint density at radius 1 is 0.276 bits per heavy atom. The molecule has 13 aromatic carbocycles. The fourth-order valence-electron chi connectivity index (χ4n) is 16.2. The van der Waals surface area contributed by atoms with Crippen LogP contribution in [0.2, 0.25) is 0 Å². The SMILES string of the molecule is [B]c1ccc(N(c2ccc(C)cc2)c2cc3c(c4ccccc24)-c2cc4c(cc2C3(c2ccc(C(C)(C)C)cc2)c2ccc(C(C)(C)C)cc2)-c2ccc(N(c3ccc(C)cc3)c3ccc(C)cc3)c3cccc(c23)C4(c2ccc(C(C)(C)C)cc2)c2ccc(C(C)(C)C)cc2)cc1. The van der Waals surface area contributed by atoms with Gasteiger partial charge in [0.2, 0.25) is 0 Å². The molecular weight excluding hydrogens is 1180 g/mol. The number of benzene rings is 13. The van der Waals surface area contributed by atoms with Gasteiger partial charge in [-0.05, 0) is 215 Å². The van der Waals surface area contributed by atoms with Crippen molar-refractivity contribution in [3.63, 3.8) is 0 Å². The Hall–Kier alpha value is -9.96. The third-order valence-electron chi connectivity index (χ3n) is 21.6. The van der Waals surface area contributed by atoms with Crippen molar-refractivity contribution >= 4 is 69.0 Å². The largest absolute Gasteiger partial charge is 0.310 e. The van der Waals surface area contributed by atoms with Crippen LogP contribution in [0.4, 0.5) is 34.1 Å². The van der Waals surface area contributed by atoms with Crippen LogP contribution in [-0.4, -0.2) is 7.85 Å². The normalized spacial score (nSPS) is 13.9. The third-order valence-corrected chi connectivity index (χ3v) is 21.6. The average Bonchev–Trinajstić information content (AvgIpc) is 1.37. The van der Waals surface area contributed by atoms with E-state index in [-0.39, 0.29) is 21.7 Å². The summed E-state index contributed by atoms with van der Waals surface area (Å²) in [6, 6.07) is 104. The van der Waals surface area contributed by atoms with E-state index in [1.807, 2.05) is 12.1 Å². The zero-order valence-electron chi connectivity index (χ0n) is 59.9. The van der Waals surface area contributed by atoms with Gasteiger partial charge < -0.3 is 9.80 Å². The molecule has 0 heterocycles. The van der Waals surface area contributed by atoms with Crippen molar-refractivity contribution in [1.29, 1.82) is 0 Å². The van der Waals surface area contributed by atoms with Crippen LogP contribution in [0.25, 0.3) is 43.8 Å². The highest BCUT2D eigenvalue weighted by Gasteiger charge is 2.52. The minimum atomic E-state index is -0.861. The van der Waals surface area contributed by atoms with Crippen molar-refractivity contribution in [2.75, 3.05) is 9.80 Å². The molecule has 0 spiro atoms. The summed E-state index contributed by atoms with van der Waals surface area (Å²) in [5, 5.41) is 4.79. The van der Waals surface area contributed by atoms with E-state index in [2.05, 4.69) is 368 Å². The number of aryl methyl sites for hydroxylation is 3. The first kappa shape index (κ1) is 64.1. The molecule has 15 rings (SSSR count). The first-order valence-electron chi connectivity index (χ1n) is 35.2. The average molecular weight is 1270 g/mol. The van der Waals surface area contributed by atoms with Gasteiger partial charge in [0.1, 0.15) is 7.85 Å². The molecule has 2 aliphatic carbocycles. The summed E-state index contributed by atoms with van der Waals surface area (Å²) in [4.78, 5) is 4.94. The summed E-state index contributed by atoms with van der Waals surface area (Å²) >= 11 is 0. The summed E-state index contributed by atoms with van der Waals surface area (Å²) in [6.07, 6.45) is 0. The number of hydrogen-bond donors (Lipinski definition) is 0. The standard InChI is InChI=1S/C95H89BN2/c1-60-23-47-72(48-24-60)97(73-49-25-61(2)26-50-73)86-56-55-78-80-57-84-81(58-83(80)94(82-22-18-21-79(86)88(78)82,67-37-29-63(30-38-67)90(4,5)6)68-39-31-64(32-40-68)91(7,8)9)89-77-20-17-16-19-76(77)87(98(74-51-27-62(3)28-52-74)75-53-45-71(96)46-54-75)59-85(89)95(84,69-41-33-65(34-42-69)92(10,11)12)70-43-35-66(36-44-70)93(13,14)15/h16-59H,1-15H3. The first-order valence-corrected chi connectivity index (χ1v) is 35.2. The Kier molecular flexibility index (Phi) is 15.3. The lowest BCUT2D eigenvalue weighted by atomic mass is 9.58. The highest BCUT2D eigenvalue weighted by atomic mass is 15.1. The molecule has 0 unspecified atom stereocenters.